The average molecular weight is 522 g/mol. The van der Waals surface area contributed by atoms with Crippen LogP contribution < -0.4 is 5.32 Å². The van der Waals surface area contributed by atoms with Crippen molar-refractivity contribution in [1.29, 1.82) is 0 Å². The molecule has 2 aromatic carbocycles. The first-order valence-electron chi connectivity index (χ1n) is 14.3. The number of rotatable bonds is 9. The molecule has 3 heterocycles. The molecular formula is C31H43N3O4. The second kappa shape index (κ2) is 12.7. The van der Waals surface area contributed by atoms with E-state index in [-0.39, 0.29) is 30.6 Å². The number of nitrogens with zero attached hydrogens (tertiary/aromatic N) is 2. The number of aliphatic hydroxyl groups is 1. The Bertz CT molecular complexity index is 1040. The molecule has 5 atom stereocenters. The van der Waals surface area contributed by atoms with Gasteiger partial charge in [0.2, 0.25) is 5.91 Å². The van der Waals surface area contributed by atoms with Crippen LogP contribution in [0.2, 0.25) is 0 Å². The number of amides is 1. The molecule has 7 nitrogen and oxygen atoms in total. The number of hydrogen-bond acceptors (Lipinski definition) is 6. The van der Waals surface area contributed by atoms with Crippen molar-refractivity contribution in [3.63, 3.8) is 0 Å². The van der Waals surface area contributed by atoms with Crippen LogP contribution in [0.15, 0.2) is 48.5 Å². The van der Waals surface area contributed by atoms with Crippen molar-refractivity contribution in [1.82, 2.24) is 15.1 Å². The van der Waals surface area contributed by atoms with Gasteiger partial charge in [-0.1, -0.05) is 55.5 Å². The number of likely N-dealkylation sites (tertiary alicyclic amines) is 2. The lowest BCUT2D eigenvalue weighted by molar-refractivity contribution is -0.276. The highest BCUT2D eigenvalue weighted by atomic mass is 16.7. The number of carbonyl (C=O) groups is 1. The minimum atomic E-state index is -0.465. The summed E-state index contributed by atoms with van der Waals surface area (Å²) in [6.45, 7) is 10.00. The van der Waals surface area contributed by atoms with Gasteiger partial charge in [0, 0.05) is 44.1 Å². The molecular weight excluding hydrogens is 478 g/mol. The summed E-state index contributed by atoms with van der Waals surface area (Å²) in [7, 11) is 0. The van der Waals surface area contributed by atoms with E-state index in [0.29, 0.717) is 12.6 Å². The van der Waals surface area contributed by atoms with Crippen molar-refractivity contribution >= 4 is 5.91 Å². The van der Waals surface area contributed by atoms with Crippen molar-refractivity contribution < 1.29 is 19.4 Å². The monoisotopic (exact) mass is 521 g/mol. The maximum Gasteiger partial charge on any atom is 0.217 e. The average Bonchev–Trinajstić information content (AvgIpc) is 3.61. The molecule has 1 amide bonds. The van der Waals surface area contributed by atoms with Gasteiger partial charge in [0.1, 0.15) is 0 Å². The second-order valence-electron chi connectivity index (χ2n) is 11.3. The maximum absolute atomic E-state index is 11.3. The molecule has 0 saturated carbocycles. The lowest BCUT2D eigenvalue weighted by Crippen LogP contribution is -2.48. The molecule has 0 unspecified atom stereocenters. The Kier molecular flexibility index (Phi) is 9.12. The number of benzene rings is 2. The number of carbonyl (C=O) groups excluding carboxylic acids is 1. The minimum Gasteiger partial charge on any atom is -0.392 e. The standard InChI is InChI=1S/C31H43N3O4/c1-22-29(20-34-17-5-6-28(34)19-33-15-3-4-16-33)37-31(27-13-7-24(8-14-27)18-32-23(2)36)38-30(22)26-11-9-25(21-35)10-12-26/h7-14,22,28-31,35H,3-6,15-21H2,1-2H3,(H,32,36)/t22-,28+,29+,30+,31+/m1/s1. The summed E-state index contributed by atoms with van der Waals surface area (Å²) in [6.07, 6.45) is 4.64. The van der Waals surface area contributed by atoms with E-state index in [1.54, 1.807) is 0 Å². The van der Waals surface area contributed by atoms with Crippen LogP contribution in [0, 0.1) is 5.92 Å². The normalized spacial score (nSPS) is 28.6. The lowest BCUT2D eigenvalue weighted by atomic mass is 9.90. The number of aliphatic hydroxyl groups excluding tert-OH is 1. The summed E-state index contributed by atoms with van der Waals surface area (Å²) in [5, 5.41) is 12.4. The third-order valence-corrected chi connectivity index (χ3v) is 8.50. The number of ether oxygens (including phenoxy) is 2. The molecule has 206 valence electrons. The van der Waals surface area contributed by atoms with Crippen LogP contribution in [0.3, 0.4) is 0 Å². The van der Waals surface area contributed by atoms with Gasteiger partial charge in [-0.25, -0.2) is 0 Å². The topological polar surface area (TPSA) is 74.3 Å². The molecule has 0 spiro atoms. The fourth-order valence-corrected chi connectivity index (χ4v) is 6.18. The molecule has 3 aliphatic rings. The van der Waals surface area contributed by atoms with E-state index in [4.69, 9.17) is 9.47 Å². The highest BCUT2D eigenvalue weighted by Crippen LogP contribution is 2.42. The van der Waals surface area contributed by atoms with Crippen LogP contribution in [0.4, 0.5) is 0 Å². The SMILES string of the molecule is CC(=O)NCc1ccc([C@H]2O[C@@H](CN3CCC[C@H]3CN3CCCC3)[C@@H](C)[C@@H](c3ccc(CO)cc3)O2)cc1. The van der Waals surface area contributed by atoms with Crippen molar-refractivity contribution in [2.24, 2.45) is 5.92 Å². The van der Waals surface area contributed by atoms with E-state index in [9.17, 15) is 9.90 Å². The first kappa shape index (κ1) is 27.3. The van der Waals surface area contributed by atoms with Gasteiger partial charge < -0.3 is 24.8 Å². The molecule has 7 heteroatoms. The summed E-state index contributed by atoms with van der Waals surface area (Å²) in [5.41, 5.74) is 4.05. The zero-order chi connectivity index (χ0) is 26.5. The van der Waals surface area contributed by atoms with Gasteiger partial charge in [-0.15, -0.1) is 0 Å². The highest BCUT2D eigenvalue weighted by molar-refractivity contribution is 5.72. The largest absolute Gasteiger partial charge is 0.392 e. The van der Waals surface area contributed by atoms with Gasteiger partial charge in [0.25, 0.3) is 0 Å². The summed E-state index contributed by atoms with van der Waals surface area (Å²) in [6, 6.07) is 16.9. The van der Waals surface area contributed by atoms with Gasteiger partial charge in [0.05, 0.1) is 18.8 Å². The van der Waals surface area contributed by atoms with Crippen molar-refractivity contribution in [2.45, 2.75) is 77.2 Å². The van der Waals surface area contributed by atoms with Crippen LogP contribution in [0.5, 0.6) is 0 Å². The fourth-order valence-electron chi connectivity index (χ4n) is 6.18. The quantitative estimate of drug-likeness (QED) is 0.516. The molecule has 0 aliphatic carbocycles. The summed E-state index contributed by atoms with van der Waals surface area (Å²) < 4.78 is 13.3. The van der Waals surface area contributed by atoms with Crippen molar-refractivity contribution in [3.8, 4) is 0 Å². The Morgan fingerprint density at radius 1 is 0.921 bits per heavy atom. The highest BCUT2D eigenvalue weighted by Gasteiger charge is 2.40. The third-order valence-electron chi connectivity index (χ3n) is 8.50. The van der Waals surface area contributed by atoms with Crippen LogP contribution in [-0.4, -0.2) is 65.7 Å². The minimum absolute atomic E-state index is 0.0356. The molecule has 38 heavy (non-hydrogen) atoms. The Morgan fingerprint density at radius 2 is 1.61 bits per heavy atom. The van der Waals surface area contributed by atoms with Gasteiger partial charge >= 0.3 is 0 Å². The van der Waals surface area contributed by atoms with Gasteiger partial charge in [-0.2, -0.15) is 0 Å². The van der Waals surface area contributed by atoms with E-state index in [1.807, 2.05) is 36.4 Å². The van der Waals surface area contributed by atoms with E-state index in [0.717, 1.165) is 35.3 Å². The van der Waals surface area contributed by atoms with Gasteiger partial charge in [-0.05, 0) is 62.0 Å². The Labute approximate surface area is 227 Å². The molecule has 2 N–H and O–H groups in total. The second-order valence-corrected chi connectivity index (χ2v) is 11.3. The smallest absolute Gasteiger partial charge is 0.217 e. The first-order chi connectivity index (χ1) is 18.5. The van der Waals surface area contributed by atoms with Crippen LogP contribution >= 0.6 is 0 Å². The molecule has 2 aromatic rings. The van der Waals surface area contributed by atoms with E-state index in [2.05, 4.69) is 34.2 Å². The zero-order valence-corrected chi connectivity index (χ0v) is 22.9. The summed E-state index contributed by atoms with van der Waals surface area (Å²) in [4.78, 5) is 16.6. The van der Waals surface area contributed by atoms with Crippen molar-refractivity contribution in [2.75, 3.05) is 32.7 Å². The molecule has 3 saturated heterocycles. The van der Waals surface area contributed by atoms with Crippen molar-refractivity contribution in [3.05, 3.63) is 70.8 Å². The summed E-state index contributed by atoms with van der Waals surface area (Å²) in [5.74, 6) is 0.142. The Hall–Kier alpha value is -2.29. The predicted molar refractivity (Wildman–Crippen MR) is 147 cm³/mol. The molecule has 0 radical (unpaired) electrons. The third kappa shape index (κ3) is 6.64. The molecule has 3 aliphatic heterocycles. The van der Waals surface area contributed by atoms with E-state index < -0.39 is 6.29 Å². The fraction of sp³-hybridized carbons (Fsp3) is 0.581. The van der Waals surface area contributed by atoms with E-state index >= 15 is 0 Å². The predicted octanol–water partition coefficient (Wildman–Crippen LogP) is 4.17. The molecule has 3 fully saturated rings. The van der Waals surface area contributed by atoms with E-state index in [1.165, 1.54) is 52.2 Å². The summed E-state index contributed by atoms with van der Waals surface area (Å²) >= 11 is 0. The molecule has 0 aromatic heterocycles. The molecule has 5 rings (SSSR count). The van der Waals surface area contributed by atoms with Crippen LogP contribution in [0.25, 0.3) is 0 Å². The number of nitrogens with one attached hydrogen (secondary N) is 1. The molecule has 0 bridgehead atoms. The van der Waals surface area contributed by atoms with Crippen LogP contribution in [0.1, 0.15) is 74.2 Å². The number of hydrogen-bond donors (Lipinski definition) is 2. The Balaban J connectivity index is 1.34. The van der Waals surface area contributed by atoms with Crippen LogP contribution in [-0.2, 0) is 27.4 Å². The van der Waals surface area contributed by atoms with Gasteiger partial charge in [-0.3, -0.25) is 9.69 Å². The van der Waals surface area contributed by atoms with Gasteiger partial charge in [0.15, 0.2) is 6.29 Å². The maximum atomic E-state index is 11.3. The zero-order valence-electron chi connectivity index (χ0n) is 22.9. The Morgan fingerprint density at radius 3 is 2.29 bits per heavy atom. The lowest BCUT2D eigenvalue weighted by Gasteiger charge is -2.43. The first-order valence-corrected chi connectivity index (χ1v) is 14.3.